The molecule has 8 heteroatoms. The van der Waals surface area contributed by atoms with Gasteiger partial charge in [0.25, 0.3) is 0 Å². The van der Waals surface area contributed by atoms with Gasteiger partial charge in [0, 0.05) is 17.2 Å². The van der Waals surface area contributed by atoms with Crippen LogP contribution in [0.15, 0.2) is 28.9 Å². The number of anilines is 3. The van der Waals surface area contributed by atoms with E-state index in [0.29, 0.717) is 5.95 Å². The summed E-state index contributed by atoms with van der Waals surface area (Å²) in [5.74, 6) is 0.461. The van der Waals surface area contributed by atoms with Crippen molar-refractivity contribution >= 4 is 39.1 Å². The van der Waals surface area contributed by atoms with Crippen molar-refractivity contribution in [1.82, 2.24) is 9.97 Å². The lowest BCUT2D eigenvalue weighted by Gasteiger charge is -2.08. The van der Waals surface area contributed by atoms with Crippen LogP contribution < -0.4 is 10.6 Å². The molecule has 20 heavy (non-hydrogen) atoms. The van der Waals surface area contributed by atoms with Crippen molar-refractivity contribution in [3.63, 3.8) is 0 Å². The number of aromatic nitrogens is 2. The molecular weight excluding hydrogens is 326 g/mol. The molecule has 0 fully saturated rings. The fourth-order valence-electron chi connectivity index (χ4n) is 1.58. The zero-order valence-corrected chi connectivity index (χ0v) is 12.4. The van der Waals surface area contributed by atoms with Gasteiger partial charge >= 0.3 is 5.69 Å². The highest BCUT2D eigenvalue weighted by atomic mass is 79.9. The van der Waals surface area contributed by atoms with Crippen LogP contribution in [0.3, 0.4) is 0 Å². The molecule has 0 aliphatic carbocycles. The number of nitro groups is 1. The fourth-order valence-corrected chi connectivity index (χ4v) is 1.83. The Labute approximate surface area is 123 Å². The maximum atomic E-state index is 11.0. The van der Waals surface area contributed by atoms with E-state index in [1.807, 2.05) is 25.1 Å². The minimum Gasteiger partial charge on any atom is -0.357 e. The van der Waals surface area contributed by atoms with Gasteiger partial charge in [-0.15, -0.1) is 0 Å². The van der Waals surface area contributed by atoms with Gasteiger partial charge in [-0.25, -0.2) is 4.98 Å². The Morgan fingerprint density at radius 3 is 2.75 bits per heavy atom. The first kappa shape index (κ1) is 14.2. The van der Waals surface area contributed by atoms with Crippen LogP contribution in [0.2, 0.25) is 0 Å². The third-order valence-electron chi connectivity index (χ3n) is 2.61. The Hall–Kier alpha value is -2.22. The number of nitrogens with zero attached hydrogens (tertiary/aromatic N) is 3. The van der Waals surface area contributed by atoms with Gasteiger partial charge in [-0.05, 0) is 30.7 Å². The van der Waals surface area contributed by atoms with Crippen LogP contribution in [-0.2, 0) is 0 Å². The predicted octanol–water partition coefficient (Wildman–Crippen LogP) is 3.24. The van der Waals surface area contributed by atoms with E-state index in [2.05, 4.69) is 36.5 Å². The third-order valence-corrected chi connectivity index (χ3v) is 3.50. The Bertz CT molecular complexity index is 662. The third kappa shape index (κ3) is 3.02. The molecule has 1 aromatic carbocycles. The maximum absolute atomic E-state index is 11.0. The molecule has 104 valence electrons. The first-order valence-electron chi connectivity index (χ1n) is 5.73. The molecule has 7 nitrogen and oxygen atoms in total. The Morgan fingerprint density at radius 1 is 1.40 bits per heavy atom. The van der Waals surface area contributed by atoms with E-state index < -0.39 is 4.92 Å². The van der Waals surface area contributed by atoms with Crippen LogP contribution >= 0.6 is 15.9 Å². The van der Waals surface area contributed by atoms with Crippen molar-refractivity contribution in [3.8, 4) is 0 Å². The summed E-state index contributed by atoms with van der Waals surface area (Å²) >= 11 is 3.40. The van der Waals surface area contributed by atoms with Crippen molar-refractivity contribution in [2.75, 3.05) is 17.7 Å². The number of benzene rings is 1. The van der Waals surface area contributed by atoms with Crippen LogP contribution in [0.25, 0.3) is 0 Å². The molecule has 2 aromatic rings. The minimum atomic E-state index is -0.520. The van der Waals surface area contributed by atoms with E-state index in [1.165, 1.54) is 6.20 Å². The molecule has 0 saturated heterocycles. The van der Waals surface area contributed by atoms with E-state index in [4.69, 9.17) is 0 Å². The van der Waals surface area contributed by atoms with Crippen molar-refractivity contribution in [1.29, 1.82) is 0 Å². The monoisotopic (exact) mass is 337 g/mol. The summed E-state index contributed by atoms with van der Waals surface area (Å²) in [5, 5.41) is 16.7. The number of halogens is 1. The van der Waals surface area contributed by atoms with Gasteiger partial charge in [0.05, 0.1) is 4.92 Å². The lowest BCUT2D eigenvalue weighted by atomic mass is 10.2. The molecule has 2 rings (SSSR count). The first-order chi connectivity index (χ1) is 9.51. The first-order valence-corrected chi connectivity index (χ1v) is 6.53. The SMILES string of the molecule is CNc1ncc([N+](=O)[O-])c(Nc2ccc(Br)c(C)c2)n1. The molecule has 1 aromatic heterocycles. The van der Waals surface area contributed by atoms with Crippen LogP contribution in [0.4, 0.5) is 23.1 Å². The van der Waals surface area contributed by atoms with Gasteiger partial charge < -0.3 is 10.6 Å². The molecular formula is C12H12BrN5O2. The van der Waals surface area contributed by atoms with Crippen molar-refractivity contribution in [2.45, 2.75) is 6.92 Å². The lowest BCUT2D eigenvalue weighted by molar-refractivity contribution is -0.384. The van der Waals surface area contributed by atoms with Gasteiger partial charge in [-0.2, -0.15) is 4.98 Å². The highest BCUT2D eigenvalue weighted by molar-refractivity contribution is 9.10. The number of rotatable bonds is 4. The van der Waals surface area contributed by atoms with Gasteiger partial charge in [0.1, 0.15) is 6.20 Å². The Morgan fingerprint density at radius 2 is 2.15 bits per heavy atom. The largest absolute Gasteiger partial charge is 0.357 e. The molecule has 0 atom stereocenters. The van der Waals surface area contributed by atoms with E-state index >= 15 is 0 Å². The van der Waals surface area contributed by atoms with Crippen LogP contribution in [0.1, 0.15) is 5.56 Å². The summed E-state index contributed by atoms with van der Waals surface area (Å²) in [5.41, 5.74) is 1.56. The standard InChI is InChI=1S/C12H12BrN5O2/c1-7-5-8(3-4-9(7)13)16-11-10(18(19)20)6-15-12(14-2)17-11/h3-6H,1-2H3,(H2,14,15,16,17). The molecule has 0 aliphatic heterocycles. The number of hydrogen-bond acceptors (Lipinski definition) is 6. The molecule has 2 N–H and O–H groups in total. The summed E-state index contributed by atoms with van der Waals surface area (Å²) in [6.45, 7) is 1.93. The summed E-state index contributed by atoms with van der Waals surface area (Å²) in [4.78, 5) is 18.4. The summed E-state index contributed by atoms with van der Waals surface area (Å²) in [6.07, 6.45) is 1.17. The molecule has 1 heterocycles. The smallest absolute Gasteiger partial charge is 0.329 e. The maximum Gasteiger partial charge on any atom is 0.329 e. The van der Waals surface area contributed by atoms with Gasteiger partial charge in [-0.3, -0.25) is 10.1 Å². The number of nitrogens with one attached hydrogen (secondary N) is 2. The Balaban J connectivity index is 2.40. The van der Waals surface area contributed by atoms with E-state index in [9.17, 15) is 10.1 Å². The highest BCUT2D eigenvalue weighted by Crippen LogP contribution is 2.27. The molecule has 0 bridgehead atoms. The predicted molar refractivity (Wildman–Crippen MR) is 80.4 cm³/mol. The lowest BCUT2D eigenvalue weighted by Crippen LogP contribution is -2.04. The quantitative estimate of drug-likeness (QED) is 0.657. The number of aryl methyl sites for hydroxylation is 1. The summed E-state index contributed by atoms with van der Waals surface area (Å²) in [7, 11) is 1.65. The zero-order chi connectivity index (χ0) is 14.7. The molecule has 0 amide bonds. The van der Waals surface area contributed by atoms with Crippen molar-refractivity contribution in [2.24, 2.45) is 0 Å². The normalized spacial score (nSPS) is 10.2. The summed E-state index contributed by atoms with van der Waals surface area (Å²) < 4.78 is 0.969. The fraction of sp³-hybridized carbons (Fsp3) is 0.167. The van der Waals surface area contributed by atoms with Crippen molar-refractivity contribution in [3.05, 3.63) is 44.5 Å². The highest BCUT2D eigenvalue weighted by Gasteiger charge is 2.17. The second kappa shape index (κ2) is 5.83. The number of hydrogen-bond donors (Lipinski definition) is 2. The second-order valence-corrected chi connectivity index (χ2v) is 4.88. The van der Waals surface area contributed by atoms with Gasteiger partial charge in [-0.1, -0.05) is 15.9 Å². The van der Waals surface area contributed by atoms with Gasteiger partial charge in [0.2, 0.25) is 11.8 Å². The second-order valence-electron chi connectivity index (χ2n) is 4.02. The molecule has 0 radical (unpaired) electrons. The topological polar surface area (TPSA) is 93.0 Å². The average Bonchev–Trinajstić information content (AvgIpc) is 2.42. The van der Waals surface area contributed by atoms with Crippen molar-refractivity contribution < 1.29 is 4.92 Å². The van der Waals surface area contributed by atoms with E-state index in [-0.39, 0.29) is 11.5 Å². The van der Waals surface area contributed by atoms with E-state index in [0.717, 1.165) is 15.7 Å². The van der Waals surface area contributed by atoms with Crippen LogP contribution in [0.5, 0.6) is 0 Å². The molecule has 0 spiro atoms. The molecule has 0 saturated carbocycles. The molecule has 0 aliphatic rings. The van der Waals surface area contributed by atoms with Gasteiger partial charge in [0.15, 0.2) is 0 Å². The zero-order valence-electron chi connectivity index (χ0n) is 10.8. The van der Waals surface area contributed by atoms with Crippen LogP contribution in [-0.4, -0.2) is 21.9 Å². The minimum absolute atomic E-state index is 0.149. The average molecular weight is 338 g/mol. The van der Waals surface area contributed by atoms with Crippen LogP contribution in [0, 0.1) is 17.0 Å². The molecule has 0 unspecified atom stereocenters. The Kier molecular flexibility index (Phi) is 4.14. The summed E-state index contributed by atoms with van der Waals surface area (Å²) in [6, 6.07) is 5.54. The van der Waals surface area contributed by atoms with E-state index in [1.54, 1.807) is 7.05 Å².